The molecule has 5 heteroatoms. The second-order valence-electron chi connectivity index (χ2n) is 3.15. The lowest BCUT2D eigenvalue weighted by Gasteiger charge is -2.22. The molecule has 1 saturated heterocycles. The highest BCUT2D eigenvalue weighted by atomic mass is 16.5. The van der Waals surface area contributed by atoms with Crippen molar-refractivity contribution in [3.05, 3.63) is 18.0 Å². The van der Waals surface area contributed by atoms with Crippen LogP contribution in [0.4, 0.5) is 0 Å². The van der Waals surface area contributed by atoms with Gasteiger partial charge in [-0.1, -0.05) is 0 Å². The van der Waals surface area contributed by atoms with Crippen molar-refractivity contribution in [3.63, 3.8) is 0 Å². The third-order valence-electron chi connectivity index (χ3n) is 2.19. The first-order valence-electron chi connectivity index (χ1n) is 4.50. The van der Waals surface area contributed by atoms with E-state index >= 15 is 0 Å². The number of quaternary nitrogens is 1. The standard InChI is InChI=1S/C8H12N4O/c1-2-9-11-10-8(1)7-12-3-5-13-6-4-12/h1-2H,3-7H2/p+1. The number of rotatable bonds is 2. The van der Waals surface area contributed by atoms with E-state index in [1.54, 1.807) is 6.20 Å². The fourth-order valence-corrected chi connectivity index (χ4v) is 1.45. The van der Waals surface area contributed by atoms with Crippen LogP contribution in [0.15, 0.2) is 12.3 Å². The van der Waals surface area contributed by atoms with E-state index in [0.717, 1.165) is 38.5 Å². The molecule has 2 heterocycles. The first-order valence-corrected chi connectivity index (χ1v) is 4.50. The zero-order chi connectivity index (χ0) is 8.93. The molecule has 0 saturated carbocycles. The molecule has 0 radical (unpaired) electrons. The van der Waals surface area contributed by atoms with Crippen molar-refractivity contribution in [1.82, 2.24) is 15.4 Å². The monoisotopic (exact) mass is 181 g/mol. The molecule has 0 bridgehead atoms. The molecule has 5 nitrogen and oxygen atoms in total. The lowest BCUT2D eigenvalue weighted by Crippen LogP contribution is -3.12. The van der Waals surface area contributed by atoms with Gasteiger partial charge in [0.25, 0.3) is 0 Å². The average Bonchev–Trinajstić information content (AvgIpc) is 2.21. The number of nitrogens with one attached hydrogen (secondary N) is 1. The lowest BCUT2D eigenvalue weighted by molar-refractivity contribution is -0.921. The van der Waals surface area contributed by atoms with Crippen LogP contribution in [0.2, 0.25) is 0 Å². The molecule has 1 aliphatic heterocycles. The minimum absolute atomic E-state index is 0.855. The van der Waals surface area contributed by atoms with Gasteiger partial charge in [0.05, 0.1) is 19.4 Å². The van der Waals surface area contributed by atoms with E-state index in [0.29, 0.717) is 0 Å². The molecule has 1 aliphatic rings. The molecule has 1 fully saturated rings. The number of hydrogen-bond acceptors (Lipinski definition) is 4. The Morgan fingerprint density at radius 1 is 1.38 bits per heavy atom. The van der Waals surface area contributed by atoms with Crippen molar-refractivity contribution in [3.8, 4) is 0 Å². The molecule has 0 aliphatic carbocycles. The van der Waals surface area contributed by atoms with E-state index in [2.05, 4.69) is 15.4 Å². The first kappa shape index (κ1) is 8.52. The number of hydrogen-bond donors (Lipinski definition) is 1. The topological polar surface area (TPSA) is 52.3 Å². The van der Waals surface area contributed by atoms with Crippen molar-refractivity contribution >= 4 is 0 Å². The molecule has 70 valence electrons. The highest BCUT2D eigenvalue weighted by Gasteiger charge is 2.14. The molecule has 0 amide bonds. The van der Waals surface area contributed by atoms with Gasteiger partial charge in [0.15, 0.2) is 0 Å². The van der Waals surface area contributed by atoms with Gasteiger partial charge in [0.1, 0.15) is 25.3 Å². The van der Waals surface area contributed by atoms with E-state index in [-0.39, 0.29) is 0 Å². The summed E-state index contributed by atoms with van der Waals surface area (Å²) in [4.78, 5) is 1.51. The van der Waals surface area contributed by atoms with E-state index in [1.807, 2.05) is 6.07 Å². The maximum atomic E-state index is 5.27. The molecule has 0 spiro atoms. The Morgan fingerprint density at radius 2 is 2.23 bits per heavy atom. The van der Waals surface area contributed by atoms with Crippen LogP contribution >= 0.6 is 0 Å². The molecule has 0 atom stereocenters. The van der Waals surface area contributed by atoms with Gasteiger partial charge in [-0.25, -0.2) is 0 Å². The van der Waals surface area contributed by atoms with Gasteiger partial charge in [0, 0.05) is 0 Å². The van der Waals surface area contributed by atoms with Gasteiger partial charge in [-0.15, -0.1) is 10.2 Å². The predicted octanol–water partition coefficient (Wildman–Crippen LogP) is -1.71. The fourth-order valence-electron chi connectivity index (χ4n) is 1.45. The lowest BCUT2D eigenvalue weighted by atomic mass is 10.3. The SMILES string of the molecule is c1cc(C[NH+]2CCOCC2)nnn1. The van der Waals surface area contributed by atoms with E-state index in [4.69, 9.17) is 4.74 Å². The zero-order valence-electron chi connectivity index (χ0n) is 7.44. The summed E-state index contributed by atoms with van der Waals surface area (Å²) in [6.07, 6.45) is 1.68. The Labute approximate surface area is 76.7 Å². The predicted molar refractivity (Wildman–Crippen MR) is 45.0 cm³/mol. The summed E-state index contributed by atoms with van der Waals surface area (Å²) >= 11 is 0. The van der Waals surface area contributed by atoms with Crippen LogP contribution in [0.25, 0.3) is 0 Å². The molecule has 1 aromatic rings. The fraction of sp³-hybridized carbons (Fsp3) is 0.625. The Morgan fingerprint density at radius 3 is 2.92 bits per heavy atom. The van der Waals surface area contributed by atoms with E-state index < -0.39 is 0 Å². The molecular formula is C8H13N4O+. The van der Waals surface area contributed by atoms with Gasteiger partial charge in [-0.05, 0) is 11.3 Å². The van der Waals surface area contributed by atoms with Gasteiger partial charge in [-0.2, -0.15) is 0 Å². The van der Waals surface area contributed by atoms with E-state index in [1.165, 1.54) is 4.90 Å². The van der Waals surface area contributed by atoms with Crippen molar-refractivity contribution in [1.29, 1.82) is 0 Å². The highest BCUT2D eigenvalue weighted by molar-refractivity contribution is 4.92. The summed E-state index contributed by atoms with van der Waals surface area (Å²) < 4.78 is 5.27. The molecular weight excluding hydrogens is 168 g/mol. The number of aromatic nitrogens is 3. The van der Waals surface area contributed by atoms with Crippen LogP contribution in [0.1, 0.15) is 5.69 Å². The minimum Gasteiger partial charge on any atom is -0.370 e. The van der Waals surface area contributed by atoms with Crippen LogP contribution in [-0.4, -0.2) is 41.7 Å². The molecule has 13 heavy (non-hydrogen) atoms. The number of nitrogens with zero attached hydrogens (tertiary/aromatic N) is 3. The van der Waals surface area contributed by atoms with Crippen LogP contribution in [-0.2, 0) is 11.3 Å². The number of morpholine rings is 1. The largest absolute Gasteiger partial charge is 0.370 e. The highest BCUT2D eigenvalue weighted by Crippen LogP contribution is 1.86. The van der Waals surface area contributed by atoms with Gasteiger partial charge >= 0.3 is 0 Å². The summed E-state index contributed by atoms with van der Waals surface area (Å²) in [7, 11) is 0. The molecule has 0 aromatic carbocycles. The summed E-state index contributed by atoms with van der Waals surface area (Å²) in [5.41, 5.74) is 1.01. The summed E-state index contributed by atoms with van der Waals surface area (Å²) in [6.45, 7) is 4.76. The third-order valence-corrected chi connectivity index (χ3v) is 2.19. The van der Waals surface area contributed by atoms with Crippen molar-refractivity contribution in [2.24, 2.45) is 0 Å². The molecule has 2 rings (SSSR count). The van der Waals surface area contributed by atoms with Gasteiger partial charge in [0.2, 0.25) is 0 Å². The molecule has 1 aromatic heterocycles. The maximum absolute atomic E-state index is 5.27. The summed E-state index contributed by atoms with van der Waals surface area (Å²) in [5.74, 6) is 0. The van der Waals surface area contributed by atoms with Gasteiger partial charge < -0.3 is 9.64 Å². The minimum atomic E-state index is 0.855. The second-order valence-corrected chi connectivity index (χ2v) is 3.15. The summed E-state index contributed by atoms with van der Waals surface area (Å²) in [6, 6.07) is 1.91. The number of ether oxygens (including phenoxy) is 1. The van der Waals surface area contributed by atoms with Crippen LogP contribution in [0, 0.1) is 0 Å². The maximum Gasteiger partial charge on any atom is 0.122 e. The average molecular weight is 181 g/mol. The zero-order valence-corrected chi connectivity index (χ0v) is 7.44. The Bertz CT molecular complexity index is 248. The smallest absolute Gasteiger partial charge is 0.122 e. The third kappa shape index (κ3) is 2.43. The molecule has 1 N–H and O–H groups in total. The molecule has 0 unspecified atom stereocenters. The van der Waals surface area contributed by atoms with Crippen molar-refractivity contribution in [2.45, 2.75) is 6.54 Å². The Hall–Kier alpha value is -1.07. The van der Waals surface area contributed by atoms with Crippen molar-refractivity contribution < 1.29 is 9.64 Å². The van der Waals surface area contributed by atoms with Crippen molar-refractivity contribution in [2.75, 3.05) is 26.3 Å². The Balaban J connectivity index is 1.90. The van der Waals surface area contributed by atoms with E-state index in [9.17, 15) is 0 Å². The summed E-state index contributed by atoms with van der Waals surface area (Å²) in [5, 5.41) is 11.2. The Kier molecular flexibility index (Phi) is 2.79. The quantitative estimate of drug-likeness (QED) is 0.590. The van der Waals surface area contributed by atoms with Crippen LogP contribution in [0.5, 0.6) is 0 Å². The normalized spacial score (nSPS) is 18.8. The second kappa shape index (κ2) is 4.25. The van der Waals surface area contributed by atoms with Crippen LogP contribution < -0.4 is 4.90 Å². The van der Waals surface area contributed by atoms with Gasteiger partial charge in [-0.3, -0.25) is 0 Å². The first-order chi connectivity index (χ1) is 6.45. The van der Waals surface area contributed by atoms with Crippen LogP contribution in [0.3, 0.4) is 0 Å².